The molecule has 2 atom stereocenters. The van der Waals surface area contributed by atoms with E-state index >= 15 is 0 Å². The zero-order chi connectivity index (χ0) is 14.6. The van der Waals surface area contributed by atoms with Crippen LogP contribution in [0, 0.1) is 12.8 Å². The van der Waals surface area contributed by atoms with Gasteiger partial charge in [-0.25, -0.2) is 4.79 Å². The fraction of sp³-hybridized carbons (Fsp3) is 0.588. The highest BCUT2D eigenvalue weighted by Crippen LogP contribution is 2.41. The molecular formula is C17H25NO2. The lowest BCUT2D eigenvalue weighted by Gasteiger charge is -2.35. The van der Waals surface area contributed by atoms with Gasteiger partial charge in [0.25, 0.3) is 0 Å². The second-order valence-electron chi connectivity index (χ2n) is 5.63. The van der Waals surface area contributed by atoms with Gasteiger partial charge in [0, 0.05) is 5.69 Å². The summed E-state index contributed by atoms with van der Waals surface area (Å²) < 4.78 is 5.37. The van der Waals surface area contributed by atoms with Crippen molar-refractivity contribution in [2.45, 2.75) is 52.0 Å². The summed E-state index contributed by atoms with van der Waals surface area (Å²) in [5.41, 5.74) is 1.66. The molecule has 1 saturated carbocycles. The fourth-order valence-corrected chi connectivity index (χ4v) is 3.33. The van der Waals surface area contributed by atoms with Crippen LogP contribution in [0.4, 0.5) is 5.69 Å². The van der Waals surface area contributed by atoms with Gasteiger partial charge in [-0.2, -0.15) is 0 Å². The normalized spacial score (nSPS) is 25.4. The molecule has 0 amide bonds. The zero-order valence-corrected chi connectivity index (χ0v) is 12.7. The van der Waals surface area contributed by atoms with Crippen LogP contribution in [0.15, 0.2) is 24.3 Å². The third kappa shape index (κ3) is 2.67. The summed E-state index contributed by atoms with van der Waals surface area (Å²) in [6, 6.07) is 8.13. The Morgan fingerprint density at radius 3 is 2.80 bits per heavy atom. The molecule has 2 unspecified atom stereocenters. The maximum absolute atomic E-state index is 12.6. The zero-order valence-electron chi connectivity index (χ0n) is 12.7. The lowest BCUT2D eigenvalue weighted by atomic mass is 9.84. The smallest absolute Gasteiger partial charge is 0.332 e. The highest BCUT2D eigenvalue weighted by Gasteiger charge is 2.49. The summed E-state index contributed by atoms with van der Waals surface area (Å²) in [5, 5.41) is 3.53. The van der Waals surface area contributed by atoms with Gasteiger partial charge < -0.3 is 10.1 Å². The first-order valence-electron chi connectivity index (χ1n) is 7.65. The third-order valence-corrected chi connectivity index (χ3v) is 4.46. The summed E-state index contributed by atoms with van der Waals surface area (Å²) in [6.45, 7) is 6.53. The molecule has 3 nitrogen and oxygen atoms in total. The minimum absolute atomic E-state index is 0.0902. The van der Waals surface area contributed by atoms with Crippen LogP contribution >= 0.6 is 0 Å². The second kappa shape index (κ2) is 6.29. The Morgan fingerprint density at radius 2 is 2.15 bits per heavy atom. The number of para-hydroxylation sites is 1. The molecule has 2 rings (SSSR count). The number of nitrogens with one attached hydrogen (secondary N) is 1. The molecular weight excluding hydrogens is 250 g/mol. The first kappa shape index (κ1) is 14.9. The number of aryl methyl sites for hydroxylation is 1. The van der Waals surface area contributed by atoms with E-state index in [-0.39, 0.29) is 5.97 Å². The van der Waals surface area contributed by atoms with E-state index in [9.17, 15) is 4.79 Å². The van der Waals surface area contributed by atoms with Crippen molar-refractivity contribution >= 4 is 11.7 Å². The average Bonchev–Trinajstić information content (AvgIpc) is 2.86. The number of hydrogen-bond donors (Lipinski definition) is 1. The molecule has 1 aromatic carbocycles. The van der Waals surface area contributed by atoms with Gasteiger partial charge in [-0.15, -0.1) is 0 Å². The molecule has 1 N–H and O–H groups in total. The van der Waals surface area contributed by atoms with Gasteiger partial charge in [0.05, 0.1) is 6.61 Å². The Labute approximate surface area is 121 Å². The molecule has 3 heteroatoms. The Balaban J connectivity index is 2.32. The second-order valence-corrected chi connectivity index (χ2v) is 5.63. The van der Waals surface area contributed by atoms with Crippen LogP contribution in [0.25, 0.3) is 0 Å². The van der Waals surface area contributed by atoms with Crippen LogP contribution in [0.5, 0.6) is 0 Å². The predicted molar refractivity (Wildman–Crippen MR) is 81.8 cm³/mol. The number of benzene rings is 1. The van der Waals surface area contributed by atoms with E-state index in [2.05, 4.69) is 25.2 Å². The monoisotopic (exact) mass is 275 g/mol. The molecule has 20 heavy (non-hydrogen) atoms. The van der Waals surface area contributed by atoms with Crippen molar-refractivity contribution in [2.24, 2.45) is 5.92 Å². The average molecular weight is 275 g/mol. The molecule has 0 aromatic heterocycles. The van der Waals surface area contributed by atoms with Crippen molar-refractivity contribution in [1.29, 1.82) is 0 Å². The molecule has 0 bridgehead atoms. The molecule has 110 valence electrons. The molecule has 1 aliphatic carbocycles. The van der Waals surface area contributed by atoms with E-state index < -0.39 is 5.54 Å². The van der Waals surface area contributed by atoms with Crippen LogP contribution in [-0.4, -0.2) is 18.1 Å². The summed E-state index contributed by atoms with van der Waals surface area (Å²) >= 11 is 0. The highest BCUT2D eigenvalue weighted by atomic mass is 16.5. The molecule has 0 heterocycles. The number of carbonyl (C=O) groups excluding carboxylic acids is 1. The molecule has 0 saturated heterocycles. The van der Waals surface area contributed by atoms with Crippen LogP contribution in [0.3, 0.4) is 0 Å². The van der Waals surface area contributed by atoms with E-state index in [1.165, 1.54) is 0 Å². The SMILES string of the molecule is CCOC(=O)C1(Nc2ccccc2C)CCCC1CC. The van der Waals surface area contributed by atoms with E-state index in [1.54, 1.807) is 0 Å². The summed E-state index contributed by atoms with van der Waals surface area (Å²) in [4.78, 5) is 12.6. The quantitative estimate of drug-likeness (QED) is 0.828. The minimum atomic E-state index is -0.545. The van der Waals surface area contributed by atoms with E-state index in [1.807, 2.05) is 25.1 Å². The standard InChI is InChI=1S/C17H25NO2/c1-4-14-10-8-12-17(14,16(19)20-5-2)18-15-11-7-6-9-13(15)3/h6-7,9,11,14,18H,4-5,8,10,12H2,1-3H3. The highest BCUT2D eigenvalue weighted by molar-refractivity contribution is 5.86. The maximum Gasteiger partial charge on any atom is 0.332 e. The maximum atomic E-state index is 12.6. The number of anilines is 1. The summed E-state index contributed by atoms with van der Waals surface area (Å²) in [6.07, 6.45) is 4.03. The molecule has 0 spiro atoms. The Bertz CT molecular complexity index is 472. The number of esters is 1. The Kier molecular flexibility index (Phi) is 4.69. The van der Waals surface area contributed by atoms with E-state index in [0.29, 0.717) is 12.5 Å². The van der Waals surface area contributed by atoms with Gasteiger partial charge in [0.15, 0.2) is 0 Å². The van der Waals surface area contributed by atoms with Crippen LogP contribution < -0.4 is 5.32 Å². The predicted octanol–water partition coefficient (Wildman–Crippen LogP) is 3.92. The number of carbonyl (C=O) groups is 1. The molecule has 0 aliphatic heterocycles. The van der Waals surface area contributed by atoms with Gasteiger partial charge in [-0.1, -0.05) is 38.0 Å². The lowest BCUT2D eigenvalue weighted by molar-refractivity contribution is -0.150. The van der Waals surface area contributed by atoms with Gasteiger partial charge in [0.2, 0.25) is 0 Å². The van der Waals surface area contributed by atoms with Crippen LogP contribution in [-0.2, 0) is 9.53 Å². The van der Waals surface area contributed by atoms with Crippen molar-refractivity contribution in [3.8, 4) is 0 Å². The van der Waals surface area contributed by atoms with Crippen molar-refractivity contribution in [1.82, 2.24) is 0 Å². The van der Waals surface area contributed by atoms with Gasteiger partial charge >= 0.3 is 5.97 Å². The fourth-order valence-electron chi connectivity index (χ4n) is 3.33. The van der Waals surface area contributed by atoms with Crippen molar-refractivity contribution in [3.05, 3.63) is 29.8 Å². The Morgan fingerprint density at radius 1 is 1.40 bits per heavy atom. The summed E-state index contributed by atoms with van der Waals surface area (Å²) in [5.74, 6) is 0.258. The number of ether oxygens (including phenoxy) is 1. The van der Waals surface area contributed by atoms with Crippen molar-refractivity contribution in [2.75, 3.05) is 11.9 Å². The first-order valence-corrected chi connectivity index (χ1v) is 7.65. The third-order valence-electron chi connectivity index (χ3n) is 4.46. The minimum Gasteiger partial charge on any atom is -0.464 e. The lowest BCUT2D eigenvalue weighted by Crippen LogP contribution is -2.50. The largest absolute Gasteiger partial charge is 0.464 e. The van der Waals surface area contributed by atoms with E-state index in [0.717, 1.165) is 36.9 Å². The first-order chi connectivity index (χ1) is 9.64. The molecule has 1 aromatic rings. The summed E-state index contributed by atoms with van der Waals surface area (Å²) in [7, 11) is 0. The van der Waals surface area contributed by atoms with Gasteiger partial charge in [-0.05, 0) is 44.2 Å². The van der Waals surface area contributed by atoms with E-state index in [4.69, 9.17) is 4.74 Å². The Hall–Kier alpha value is -1.51. The van der Waals surface area contributed by atoms with Crippen molar-refractivity contribution in [3.63, 3.8) is 0 Å². The van der Waals surface area contributed by atoms with Crippen molar-refractivity contribution < 1.29 is 9.53 Å². The molecule has 0 radical (unpaired) electrons. The molecule has 1 fully saturated rings. The van der Waals surface area contributed by atoms with Crippen LogP contribution in [0.2, 0.25) is 0 Å². The number of hydrogen-bond acceptors (Lipinski definition) is 3. The number of rotatable bonds is 5. The van der Waals surface area contributed by atoms with Gasteiger partial charge in [-0.3, -0.25) is 0 Å². The van der Waals surface area contributed by atoms with Gasteiger partial charge in [0.1, 0.15) is 5.54 Å². The molecule has 1 aliphatic rings. The topological polar surface area (TPSA) is 38.3 Å². The van der Waals surface area contributed by atoms with Crippen LogP contribution in [0.1, 0.15) is 45.1 Å².